The number of aryl methyl sites for hydroxylation is 1. The minimum Gasteiger partial charge on any atom is -0.477 e. The van der Waals surface area contributed by atoms with Gasteiger partial charge < -0.3 is 10.1 Å². The van der Waals surface area contributed by atoms with Gasteiger partial charge in [0.25, 0.3) is 0 Å². The maximum absolute atomic E-state index is 12.3. The number of sulfonamides is 1. The molecule has 7 heteroatoms. The molecule has 1 aliphatic rings. The molecule has 1 fully saturated rings. The number of carboxylic acids is 1. The minimum absolute atomic E-state index is 0.0531. The lowest BCUT2D eigenvalue weighted by Gasteiger charge is -2.13. The first-order valence-electron chi connectivity index (χ1n) is 6.19. The number of hydrogen-bond acceptors (Lipinski definition) is 3. The summed E-state index contributed by atoms with van der Waals surface area (Å²) in [6.07, 6.45) is 2.07. The van der Waals surface area contributed by atoms with Crippen molar-refractivity contribution in [2.45, 2.75) is 44.6 Å². The Balaban J connectivity index is 2.37. The monoisotopic (exact) mass is 286 g/mol. The average molecular weight is 286 g/mol. The molecule has 19 heavy (non-hydrogen) atoms. The van der Waals surface area contributed by atoms with Gasteiger partial charge in [-0.1, -0.05) is 0 Å². The molecule has 0 radical (unpaired) electrons. The van der Waals surface area contributed by atoms with Crippen LogP contribution in [-0.2, 0) is 10.0 Å². The number of nitrogens with one attached hydrogen (secondary N) is 2. The van der Waals surface area contributed by atoms with E-state index in [2.05, 4.69) is 9.71 Å². The molecule has 0 saturated heterocycles. The van der Waals surface area contributed by atoms with Gasteiger partial charge >= 0.3 is 5.97 Å². The SMILES string of the molecule is Cc1[nH]c(C(=O)O)c(C)c1S(=O)(=O)NC(C)C1CC1. The maximum Gasteiger partial charge on any atom is 0.352 e. The molecule has 0 aromatic carbocycles. The molecular weight excluding hydrogens is 268 g/mol. The zero-order valence-electron chi connectivity index (χ0n) is 11.1. The molecule has 2 rings (SSSR count). The molecule has 106 valence electrons. The first kappa shape index (κ1) is 14.1. The Hall–Kier alpha value is -1.34. The predicted molar refractivity (Wildman–Crippen MR) is 69.7 cm³/mol. The molecule has 1 heterocycles. The van der Waals surface area contributed by atoms with Crippen molar-refractivity contribution in [3.05, 3.63) is 17.0 Å². The van der Waals surface area contributed by atoms with Crippen molar-refractivity contribution in [2.75, 3.05) is 0 Å². The second-order valence-corrected chi connectivity index (χ2v) is 6.78. The predicted octanol–water partition coefficient (Wildman–Crippen LogP) is 1.41. The first-order chi connectivity index (χ1) is 8.74. The molecule has 1 aliphatic carbocycles. The van der Waals surface area contributed by atoms with Gasteiger partial charge in [-0.05, 0) is 39.5 Å². The molecule has 1 aromatic heterocycles. The third-order valence-electron chi connectivity index (χ3n) is 3.52. The summed E-state index contributed by atoms with van der Waals surface area (Å²) >= 11 is 0. The fourth-order valence-corrected chi connectivity index (χ4v) is 4.10. The Labute approximate surface area is 112 Å². The maximum atomic E-state index is 12.3. The molecule has 3 N–H and O–H groups in total. The Morgan fingerprint density at radius 2 is 2.00 bits per heavy atom. The number of hydrogen-bond donors (Lipinski definition) is 3. The summed E-state index contributed by atoms with van der Waals surface area (Å²) in [6, 6.07) is -0.119. The highest BCUT2D eigenvalue weighted by Crippen LogP contribution is 2.33. The fraction of sp³-hybridized carbons (Fsp3) is 0.583. The summed E-state index contributed by atoms with van der Waals surface area (Å²) in [5.41, 5.74) is 0.530. The van der Waals surface area contributed by atoms with Crippen LogP contribution in [0.3, 0.4) is 0 Å². The highest BCUT2D eigenvalue weighted by Gasteiger charge is 2.33. The lowest BCUT2D eigenvalue weighted by molar-refractivity contribution is 0.0690. The van der Waals surface area contributed by atoms with Gasteiger partial charge in [-0.25, -0.2) is 17.9 Å². The van der Waals surface area contributed by atoms with Crippen LogP contribution < -0.4 is 4.72 Å². The summed E-state index contributed by atoms with van der Waals surface area (Å²) in [5, 5.41) is 9.00. The van der Waals surface area contributed by atoms with E-state index in [0.29, 0.717) is 11.6 Å². The van der Waals surface area contributed by atoms with Crippen LogP contribution in [0.2, 0.25) is 0 Å². The summed E-state index contributed by atoms with van der Waals surface area (Å²) in [4.78, 5) is 13.7. The third kappa shape index (κ3) is 2.66. The van der Waals surface area contributed by atoms with Gasteiger partial charge in [0.05, 0.1) is 0 Å². The standard InChI is InChI=1S/C12H18N2O4S/c1-6-10(12(15)16)13-8(3)11(6)19(17,18)14-7(2)9-4-5-9/h7,9,13-14H,4-5H2,1-3H3,(H,15,16). The fourth-order valence-electron chi connectivity index (χ4n) is 2.35. The van der Waals surface area contributed by atoms with E-state index in [9.17, 15) is 13.2 Å². The topological polar surface area (TPSA) is 99.3 Å². The van der Waals surface area contributed by atoms with Gasteiger partial charge in [0.2, 0.25) is 10.0 Å². The number of aromatic amines is 1. The number of aromatic nitrogens is 1. The molecule has 0 aliphatic heterocycles. The van der Waals surface area contributed by atoms with Crippen LogP contribution in [0.4, 0.5) is 0 Å². The molecule has 6 nitrogen and oxygen atoms in total. The van der Waals surface area contributed by atoms with E-state index < -0.39 is 16.0 Å². The minimum atomic E-state index is -3.68. The second-order valence-electron chi connectivity index (χ2n) is 5.13. The van der Waals surface area contributed by atoms with E-state index in [0.717, 1.165) is 12.8 Å². The van der Waals surface area contributed by atoms with Crippen LogP contribution in [0.1, 0.15) is 41.5 Å². The lowest BCUT2D eigenvalue weighted by Crippen LogP contribution is -2.34. The van der Waals surface area contributed by atoms with E-state index in [1.807, 2.05) is 6.92 Å². The summed E-state index contributed by atoms with van der Waals surface area (Å²) < 4.78 is 27.3. The quantitative estimate of drug-likeness (QED) is 0.762. The smallest absolute Gasteiger partial charge is 0.352 e. The third-order valence-corrected chi connectivity index (χ3v) is 5.35. The highest BCUT2D eigenvalue weighted by molar-refractivity contribution is 7.89. The van der Waals surface area contributed by atoms with Gasteiger partial charge in [-0.2, -0.15) is 0 Å². The first-order valence-corrected chi connectivity index (χ1v) is 7.67. The van der Waals surface area contributed by atoms with E-state index in [1.165, 1.54) is 6.92 Å². The van der Waals surface area contributed by atoms with Crippen molar-refractivity contribution in [3.8, 4) is 0 Å². The highest BCUT2D eigenvalue weighted by atomic mass is 32.2. The van der Waals surface area contributed by atoms with E-state index in [4.69, 9.17) is 5.11 Å². The Kier molecular flexibility index (Phi) is 3.44. The van der Waals surface area contributed by atoms with Crippen molar-refractivity contribution < 1.29 is 18.3 Å². The van der Waals surface area contributed by atoms with Crippen LogP contribution in [0.15, 0.2) is 4.90 Å². The van der Waals surface area contributed by atoms with Crippen molar-refractivity contribution in [3.63, 3.8) is 0 Å². The molecule has 0 spiro atoms. The zero-order chi connectivity index (χ0) is 14.4. The van der Waals surface area contributed by atoms with Crippen LogP contribution >= 0.6 is 0 Å². The van der Waals surface area contributed by atoms with Crippen molar-refractivity contribution in [2.24, 2.45) is 5.92 Å². The summed E-state index contributed by atoms with van der Waals surface area (Å²) in [7, 11) is -3.68. The molecule has 1 aromatic rings. The molecule has 1 saturated carbocycles. The van der Waals surface area contributed by atoms with Crippen LogP contribution in [0.25, 0.3) is 0 Å². The molecule has 1 atom stereocenters. The van der Waals surface area contributed by atoms with Crippen LogP contribution in [-0.4, -0.2) is 30.5 Å². The molecule has 0 bridgehead atoms. The van der Waals surface area contributed by atoms with Gasteiger partial charge in [-0.3, -0.25) is 0 Å². The number of H-pyrrole nitrogens is 1. The second kappa shape index (κ2) is 4.64. The van der Waals surface area contributed by atoms with Gasteiger partial charge in [0.15, 0.2) is 0 Å². The molecule has 0 amide bonds. The normalized spacial score (nSPS) is 17.4. The largest absolute Gasteiger partial charge is 0.477 e. The lowest BCUT2D eigenvalue weighted by atomic mass is 10.2. The van der Waals surface area contributed by atoms with E-state index in [1.54, 1.807) is 6.92 Å². The Bertz CT molecular complexity index is 614. The molecular formula is C12H18N2O4S. The Morgan fingerprint density at radius 1 is 1.42 bits per heavy atom. The van der Waals surface area contributed by atoms with Crippen molar-refractivity contribution in [1.29, 1.82) is 0 Å². The average Bonchev–Trinajstić information content (AvgIpc) is 3.03. The summed E-state index contributed by atoms with van der Waals surface area (Å²) in [6.45, 7) is 4.91. The number of carbonyl (C=O) groups is 1. The Morgan fingerprint density at radius 3 is 2.42 bits per heavy atom. The summed E-state index contributed by atoms with van der Waals surface area (Å²) in [5.74, 6) is -0.759. The van der Waals surface area contributed by atoms with E-state index >= 15 is 0 Å². The number of aromatic carboxylic acids is 1. The van der Waals surface area contributed by atoms with Crippen molar-refractivity contribution >= 4 is 16.0 Å². The molecule has 1 unspecified atom stereocenters. The van der Waals surface area contributed by atoms with Gasteiger partial charge in [0.1, 0.15) is 10.6 Å². The van der Waals surface area contributed by atoms with Crippen molar-refractivity contribution in [1.82, 2.24) is 9.71 Å². The van der Waals surface area contributed by atoms with Crippen LogP contribution in [0, 0.1) is 19.8 Å². The van der Waals surface area contributed by atoms with Gasteiger partial charge in [0, 0.05) is 17.3 Å². The number of rotatable bonds is 5. The van der Waals surface area contributed by atoms with Crippen LogP contribution in [0.5, 0.6) is 0 Å². The number of carboxylic acid groups (broad SMARTS) is 1. The van der Waals surface area contributed by atoms with Gasteiger partial charge in [-0.15, -0.1) is 0 Å². The van der Waals surface area contributed by atoms with E-state index in [-0.39, 0.29) is 22.2 Å². The zero-order valence-corrected chi connectivity index (χ0v) is 12.0.